The van der Waals surface area contributed by atoms with E-state index in [1.807, 2.05) is 31.2 Å². The molecule has 2 aromatic carbocycles. The third-order valence-electron chi connectivity index (χ3n) is 5.40. The van der Waals surface area contributed by atoms with Crippen molar-refractivity contribution >= 4 is 23.4 Å². The molecule has 0 fully saturated rings. The Hall–Kier alpha value is -4.20. The number of carbonyl (C=O) groups is 3. The van der Waals surface area contributed by atoms with Gasteiger partial charge in [-0.05, 0) is 55.8 Å². The van der Waals surface area contributed by atoms with Gasteiger partial charge in [-0.3, -0.25) is 9.59 Å². The Morgan fingerprint density at radius 3 is 2.41 bits per heavy atom. The summed E-state index contributed by atoms with van der Waals surface area (Å²) >= 11 is 0. The zero-order valence-corrected chi connectivity index (χ0v) is 18.9. The van der Waals surface area contributed by atoms with Gasteiger partial charge in [0.2, 0.25) is 0 Å². The van der Waals surface area contributed by atoms with Crippen molar-refractivity contribution in [2.24, 2.45) is 5.10 Å². The number of nitrogens with zero attached hydrogens (tertiary/aromatic N) is 2. The predicted octanol–water partition coefficient (Wildman–Crippen LogP) is 4.09. The second kappa shape index (κ2) is 10.2. The number of esters is 1. The molecule has 1 amide bonds. The average Bonchev–Trinajstić information content (AvgIpc) is 3.52. The Balaban J connectivity index is 1.37. The molecule has 0 saturated heterocycles. The zero-order valence-electron chi connectivity index (χ0n) is 18.9. The number of furan rings is 1. The van der Waals surface area contributed by atoms with Crippen molar-refractivity contribution < 1.29 is 28.3 Å². The molecule has 1 aliphatic heterocycles. The number of amides is 1. The van der Waals surface area contributed by atoms with Crippen LogP contribution in [0.4, 0.5) is 0 Å². The van der Waals surface area contributed by atoms with Crippen molar-refractivity contribution in [2.45, 2.75) is 26.3 Å². The van der Waals surface area contributed by atoms with Crippen LogP contribution >= 0.6 is 0 Å². The molecule has 0 saturated carbocycles. The van der Waals surface area contributed by atoms with Gasteiger partial charge in [-0.25, -0.2) is 9.80 Å². The molecule has 1 aliphatic rings. The van der Waals surface area contributed by atoms with Crippen LogP contribution in [-0.2, 0) is 14.3 Å². The van der Waals surface area contributed by atoms with Gasteiger partial charge in [0.15, 0.2) is 19.0 Å². The molecule has 174 valence electrons. The van der Waals surface area contributed by atoms with Gasteiger partial charge in [-0.1, -0.05) is 29.8 Å². The zero-order chi connectivity index (χ0) is 24.1. The van der Waals surface area contributed by atoms with E-state index in [1.165, 1.54) is 11.9 Å². The number of hydrazone groups is 1. The second-order valence-corrected chi connectivity index (χ2v) is 7.92. The number of rotatable bonds is 8. The van der Waals surface area contributed by atoms with Crippen LogP contribution in [0.3, 0.4) is 0 Å². The highest BCUT2D eigenvalue weighted by Gasteiger charge is 2.35. The number of Topliss-reactive ketones (excluding diaryl/α,β-unsaturated/α-hetero) is 1. The Labute approximate surface area is 196 Å². The summed E-state index contributed by atoms with van der Waals surface area (Å²) in [4.78, 5) is 36.3. The number of benzene rings is 2. The van der Waals surface area contributed by atoms with E-state index in [4.69, 9.17) is 13.9 Å². The summed E-state index contributed by atoms with van der Waals surface area (Å²) in [6, 6.07) is 17.4. The summed E-state index contributed by atoms with van der Waals surface area (Å²) in [5, 5.41) is 5.82. The standard InChI is InChI=1S/C26H24N2O6/c1-17-5-7-20(8-6-17)22-14-23(24-4-3-13-32-24)28(27-22)25(30)15-34-26(31)16-33-21-11-9-19(10-12-21)18(2)29/h3-13,23H,14-16H2,1-2H3. The fraction of sp³-hybridized carbons (Fsp3) is 0.231. The van der Waals surface area contributed by atoms with E-state index in [2.05, 4.69) is 5.10 Å². The van der Waals surface area contributed by atoms with Gasteiger partial charge in [-0.15, -0.1) is 0 Å². The van der Waals surface area contributed by atoms with E-state index in [1.54, 1.807) is 42.7 Å². The molecule has 34 heavy (non-hydrogen) atoms. The molecule has 4 rings (SSSR count). The molecular formula is C26H24N2O6. The van der Waals surface area contributed by atoms with Gasteiger partial charge in [0, 0.05) is 12.0 Å². The highest BCUT2D eigenvalue weighted by molar-refractivity contribution is 6.03. The van der Waals surface area contributed by atoms with Crippen LogP contribution in [0, 0.1) is 6.92 Å². The highest BCUT2D eigenvalue weighted by Crippen LogP contribution is 2.33. The molecule has 8 heteroatoms. The third-order valence-corrected chi connectivity index (χ3v) is 5.40. The van der Waals surface area contributed by atoms with Crippen molar-refractivity contribution in [2.75, 3.05) is 13.2 Å². The predicted molar refractivity (Wildman–Crippen MR) is 124 cm³/mol. The first-order chi connectivity index (χ1) is 16.4. The maximum absolute atomic E-state index is 12.9. The Morgan fingerprint density at radius 1 is 1.03 bits per heavy atom. The van der Waals surface area contributed by atoms with Gasteiger partial charge in [0.25, 0.3) is 5.91 Å². The van der Waals surface area contributed by atoms with Gasteiger partial charge in [-0.2, -0.15) is 5.10 Å². The normalized spacial score (nSPS) is 15.1. The van der Waals surface area contributed by atoms with Crippen LogP contribution in [0.25, 0.3) is 0 Å². The maximum atomic E-state index is 12.9. The SMILES string of the molecule is CC(=O)c1ccc(OCC(=O)OCC(=O)N2N=C(c3ccc(C)cc3)CC2c2ccco2)cc1. The van der Waals surface area contributed by atoms with Crippen LogP contribution < -0.4 is 4.74 Å². The van der Waals surface area contributed by atoms with E-state index < -0.39 is 24.5 Å². The summed E-state index contributed by atoms with van der Waals surface area (Å²) in [5.74, 6) is -0.212. The molecule has 1 atom stereocenters. The molecule has 8 nitrogen and oxygen atoms in total. The Bertz CT molecular complexity index is 1200. The van der Waals surface area contributed by atoms with Crippen molar-refractivity contribution in [3.63, 3.8) is 0 Å². The van der Waals surface area contributed by atoms with Crippen LogP contribution in [0.5, 0.6) is 5.75 Å². The van der Waals surface area contributed by atoms with Crippen LogP contribution in [0.15, 0.2) is 76.4 Å². The largest absolute Gasteiger partial charge is 0.482 e. The third kappa shape index (κ3) is 5.40. The number of hydrogen-bond acceptors (Lipinski definition) is 7. The molecule has 0 spiro atoms. The van der Waals surface area contributed by atoms with Crippen molar-refractivity contribution in [1.29, 1.82) is 0 Å². The monoisotopic (exact) mass is 460 g/mol. The Kier molecular flexibility index (Phi) is 6.87. The van der Waals surface area contributed by atoms with Crippen molar-refractivity contribution in [3.8, 4) is 5.75 Å². The van der Waals surface area contributed by atoms with E-state index in [-0.39, 0.29) is 12.4 Å². The first kappa shape index (κ1) is 23.0. The number of carbonyl (C=O) groups excluding carboxylic acids is 3. The van der Waals surface area contributed by atoms with Gasteiger partial charge >= 0.3 is 5.97 Å². The fourth-order valence-corrected chi connectivity index (χ4v) is 3.54. The summed E-state index contributed by atoms with van der Waals surface area (Å²) < 4.78 is 16.0. The molecule has 2 heterocycles. The second-order valence-electron chi connectivity index (χ2n) is 7.92. The summed E-state index contributed by atoms with van der Waals surface area (Å²) in [5.41, 5.74) is 3.33. The van der Waals surface area contributed by atoms with E-state index in [0.29, 0.717) is 23.5 Å². The molecule has 1 aromatic heterocycles. The summed E-state index contributed by atoms with van der Waals surface area (Å²) in [6.45, 7) is 2.62. The van der Waals surface area contributed by atoms with E-state index >= 15 is 0 Å². The minimum absolute atomic E-state index is 0.0626. The molecule has 1 unspecified atom stereocenters. The minimum Gasteiger partial charge on any atom is -0.482 e. The van der Waals surface area contributed by atoms with Gasteiger partial charge in [0.1, 0.15) is 17.6 Å². The molecule has 3 aromatic rings. The first-order valence-electron chi connectivity index (χ1n) is 10.8. The number of ketones is 1. The van der Waals surface area contributed by atoms with Gasteiger partial charge < -0.3 is 13.9 Å². The van der Waals surface area contributed by atoms with E-state index in [9.17, 15) is 14.4 Å². The minimum atomic E-state index is -0.694. The fourth-order valence-electron chi connectivity index (χ4n) is 3.54. The first-order valence-corrected chi connectivity index (χ1v) is 10.8. The lowest BCUT2D eigenvalue weighted by molar-refractivity contribution is -0.154. The molecule has 0 N–H and O–H groups in total. The van der Waals surface area contributed by atoms with Crippen LogP contribution in [0.2, 0.25) is 0 Å². The van der Waals surface area contributed by atoms with Crippen LogP contribution in [-0.4, -0.2) is 41.6 Å². The lowest BCUT2D eigenvalue weighted by atomic mass is 10.0. The summed E-state index contributed by atoms with van der Waals surface area (Å²) in [6.07, 6.45) is 2.03. The molecule has 0 aliphatic carbocycles. The molecule has 0 bridgehead atoms. The summed E-state index contributed by atoms with van der Waals surface area (Å²) in [7, 11) is 0. The number of aryl methyl sites for hydroxylation is 1. The number of ether oxygens (including phenoxy) is 2. The lowest BCUT2D eigenvalue weighted by Gasteiger charge is -2.19. The maximum Gasteiger partial charge on any atom is 0.344 e. The number of hydrogen-bond donors (Lipinski definition) is 0. The Morgan fingerprint density at radius 2 is 1.76 bits per heavy atom. The quantitative estimate of drug-likeness (QED) is 0.371. The lowest BCUT2D eigenvalue weighted by Crippen LogP contribution is -2.32. The topological polar surface area (TPSA) is 98.4 Å². The smallest absolute Gasteiger partial charge is 0.344 e. The van der Waals surface area contributed by atoms with Crippen molar-refractivity contribution in [3.05, 3.63) is 89.4 Å². The molecular weight excluding hydrogens is 436 g/mol. The van der Waals surface area contributed by atoms with Gasteiger partial charge in [0.05, 0.1) is 12.0 Å². The van der Waals surface area contributed by atoms with E-state index in [0.717, 1.165) is 16.8 Å². The highest BCUT2D eigenvalue weighted by atomic mass is 16.6. The molecule has 0 radical (unpaired) electrons. The average molecular weight is 460 g/mol. The van der Waals surface area contributed by atoms with Crippen LogP contribution in [0.1, 0.15) is 46.6 Å². The van der Waals surface area contributed by atoms with Crippen molar-refractivity contribution in [1.82, 2.24) is 5.01 Å².